The number of benzene rings is 2. The van der Waals surface area contributed by atoms with Gasteiger partial charge in [0.05, 0.1) is 0 Å². The molecule has 0 bridgehead atoms. The highest BCUT2D eigenvalue weighted by atomic mass is 19.2. The SMILES string of the molecule is CCCCCc1cc2c(c(F)c1F)-c1c-2ccc(C2CCC(CCC)CC2)c1F. The maximum Gasteiger partial charge on any atom is 0.167 e. The van der Waals surface area contributed by atoms with Crippen molar-refractivity contribution >= 4 is 0 Å². The van der Waals surface area contributed by atoms with Crippen molar-refractivity contribution in [1.82, 2.24) is 0 Å². The van der Waals surface area contributed by atoms with Gasteiger partial charge in [0, 0.05) is 11.1 Å². The molecule has 0 spiro atoms. The number of hydrogen-bond donors (Lipinski definition) is 0. The lowest BCUT2D eigenvalue weighted by molar-refractivity contribution is 0.304. The predicted octanol–water partition coefficient (Wildman–Crippen LogP) is 8.56. The topological polar surface area (TPSA) is 0 Å². The third-order valence-corrected chi connectivity index (χ3v) is 7.03. The first kappa shape index (κ1) is 20.5. The maximum atomic E-state index is 15.4. The number of halogens is 3. The van der Waals surface area contributed by atoms with Gasteiger partial charge in [-0.2, -0.15) is 0 Å². The van der Waals surface area contributed by atoms with Gasteiger partial charge in [-0.15, -0.1) is 0 Å². The first-order chi connectivity index (χ1) is 14.1. The lowest BCUT2D eigenvalue weighted by atomic mass is 9.73. The predicted molar refractivity (Wildman–Crippen MR) is 114 cm³/mol. The Bertz CT molecular complexity index is 892. The van der Waals surface area contributed by atoms with Crippen LogP contribution >= 0.6 is 0 Å². The molecule has 0 nitrogen and oxygen atoms in total. The standard InChI is InChI=1S/C26H31F3/c1-3-5-6-8-18-15-21-20-14-13-19(17-11-9-16(7-4-2)10-12-17)25(28)22(20)23(21)26(29)24(18)27/h13-17H,3-12H2,1-2H3. The van der Waals surface area contributed by atoms with E-state index >= 15 is 4.39 Å². The van der Waals surface area contributed by atoms with Crippen molar-refractivity contribution in [3.63, 3.8) is 0 Å². The van der Waals surface area contributed by atoms with E-state index in [1.807, 2.05) is 12.1 Å². The first-order valence-corrected chi connectivity index (χ1v) is 11.4. The second kappa shape index (κ2) is 8.53. The van der Waals surface area contributed by atoms with Gasteiger partial charge in [-0.3, -0.25) is 0 Å². The van der Waals surface area contributed by atoms with Crippen LogP contribution in [-0.4, -0.2) is 0 Å². The summed E-state index contributed by atoms with van der Waals surface area (Å²) < 4.78 is 44.8. The lowest BCUT2D eigenvalue weighted by Gasteiger charge is -2.32. The van der Waals surface area contributed by atoms with E-state index < -0.39 is 11.6 Å². The van der Waals surface area contributed by atoms with Crippen LogP contribution in [0.3, 0.4) is 0 Å². The molecule has 4 rings (SSSR count). The maximum absolute atomic E-state index is 15.4. The van der Waals surface area contributed by atoms with Crippen LogP contribution in [0.1, 0.15) is 88.7 Å². The minimum absolute atomic E-state index is 0.149. The van der Waals surface area contributed by atoms with Gasteiger partial charge in [-0.25, -0.2) is 13.2 Å². The third kappa shape index (κ3) is 3.62. The van der Waals surface area contributed by atoms with Gasteiger partial charge in [-0.1, -0.05) is 51.7 Å². The molecule has 0 unspecified atom stereocenters. The average Bonchev–Trinajstić information content (AvgIpc) is 2.71. The molecule has 156 valence electrons. The van der Waals surface area contributed by atoms with E-state index in [-0.39, 0.29) is 17.3 Å². The summed E-state index contributed by atoms with van der Waals surface area (Å²) in [4.78, 5) is 0. The number of rotatable bonds is 7. The summed E-state index contributed by atoms with van der Waals surface area (Å²) in [5.74, 6) is -1.05. The van der Waals surface area contributed by atoms with Gasteiger partial charge in [0.1, 0.15) is 5.82 Å². The normalized spacial score (nSPS) is 20.2. The van der Waals surface area contributed by atoms with E-state index in [0.29, 0.717) is 28.7 Å². The molecule has 0 amide bonds. The zero-order valence-electron chi connectivity index (χ0n) is 17.6. The van der Waals surface area contributed by atoms with Crippen LogP contribution in [0.2, 0.25) is 0 Å². The Morgan fingerprint density at radius 3 is 2.21 bits per heavy atom. The van der Waals surface area contributed by atoms with E-state index in [0.717, 1.165) is 56.4 Å². The fraction of sp³-hybridized carbons (Fsp3) is 0.538. The monoisotopic (exact) mass is 400 g/mol. The zero-order chi connectivity index (χ0) is 20.5. The molecule has 0 heterocycles. The van der Waals surface area contributed by atoms with Crippen LogP contribution in [0, 0.1) is 23.4 Å². The minimum atomic E-state index is -0.871. The Balaban J connectivity index is 1.60. The molecule has 0 aromatic heterocycles. The molecule has 2 aromatic carbocycles. The van der Waals surface area contributed by atoms with Crippen molar-refractivity contribution in [2.45, 2.75) is 84.0 Å². The van der Waals surface area contributed by atoms with Crippen molar-refractivity contribution in [2.75, 3.05) is 0 Å². The van der Waals surface area contributed by atoms with Crippen molar-refractivity contribution in [1.29, 1.82) is 0 Å². The van der Waals surface area contributed by atoms with Crippen LogP contribution in [0.4, 0.5) is 13.2 Å². The molecule has 0 N–H and O–H groups in total. The molecule has 0 saturated heterocycles. The Kier molecular flexibility index (Phi) is 6.03. The molecular weight excluding hydrogens is 369 g/mol. The molecule has 0 radical (unpaired) electrons. The highest BCUT2D eigenvalue weighted by Crippen LogP contribution is 2.53. The van der Waals surface area contributed by atoms with Gasteiger partial charge < -0.3 is 0 Å². The summed E-state index contributed by atoms with van der Waals surface area (Å²) in [6.45, 7) is 4.30. The van der Waals surface area contributed by atoms with Gasteiger partial charge in [-0.05, 0) is 78.7 Å². The van der Waals surface area contributed by atoms with Crippen LogP contribution < -0.4 is 0 Å². The quantitative estimate of drug-likeness (QED) is 0.348. The summed E-state index contributed by atoms with van der Waals surface area (Å²) in [5.41, 5.74) is 2.95. The molecule has 0 aliphatic heterocycles. The van der Waals surface area contributed by atoms with Crippen molar-refractivity contribution in [3.8, 4) is 22.3 Å². The van der Waals surface area contributed by atoms with Gasteiger partial charge in [0.2, 0.25) is 0 Å². The molecule has 1 saturated carbocycles. The second-order valence-corrected chi connectivity index (χ2v) is 8.94. The van der Waals surface area contributed by atoms with Crippen LogP contribution in [0.15, 0.2) is 18.2 Å². The Morgan fingerprint density at radius 2 is 1.52 bits per heavy atom. The molecule has 1 fully saturated rings. The van der Waals surface area contributed by atoms with E-state index in [9.17, 15) is 8.78 Å². The molecule has 3 heteroatoms. The molecule has 2 aromatic rings. The van der Waals surface area contributed by atoms with Crippen LogP contribution in [-0.2, 0) is 6.42 Å². The molecule has 29 heavy (non-hydrogen) atoms. The second-order valence-electron chi connectivity index (χ2n) is 8.94. The molecule has 0 atom stereocenters. The summed E-state index contributed by atoms with van der Waals surface area (Å²) in [6, 6.07) is 5.54. The fourth-order valence-corrected chi connectivity index (χ4v) is 5.37. The van der Waals surface area contributed by atoms with E-state index in [1.165, 1.54) is 12.8 Å². The summed E-state index contributed by atoms with van der Waals surface area (Å²) in [6.07, 6.45) is 10.1. The fourth-order valence-electron chi connectivity index (χ4n) is 5.37. The highest BCUT2D eigenvalue weighted by molar-refractivity contribution is 6.03. The summed E-state index contributed by atoms with van der Waals surface area (Å²) >= 11 is 0. The minimum Gasteiger partial charge on any atom is -0.206 e. The molecule has 2 aliphatic rings. The van der Waals surface area contributed by atoms with E-state index in [2.05, 4.69) is 13.8 Å². The highest BCUT2D eigenvalue weighted by Gasteiger charge is 2.35. The van der Waals surface area contributed by atoms with E-state index in [4.69, 9.17) is 0 Å². The van der Waals surface area contributed by atoms with Gasteiger partial charge >= 0.3 is 0 Å². The summed E-state index contributed by atoms with van der Waals surface area (Å²) in [5, 5.41) is 0. The van der Waals surface area contributed by atoms with Gasteiger partial charge in [0.15, 0.2) is 11.6 Å². The Labute approximate surface area is 172 Å². The van der Waals surface area contributed by atoms with Crippen molar-refractivity contribution in [3.05, 3.63) is 46.8 Å². The lowest BCUT2D eigenvalue weighted by Crippen LogP contribution is -2.16. The van der Waals surface area contributed by atoms with Crippen LogP contribution in [0.5, 0.6) is 0 Å². The Morgan fingerprint density at radius 1 is 0.793 bits per heavy atom. The number of fused-ring (bicyclic) bond motifs is 4. The first-order valence-electron chi connectivity index (χ1n) is 11.4. The number of unbranched alkanes of at least 4 members (excludes halogenated alkanes) is 2. The van der Waals surface area contributed by atoms with Gasteiger partial charge in [0.25, 0.3) is 0 Å². The number of aryl methyl sites for hydroxylation is 1. The zero-order valence-corrected chi connectivity index (χ0v) is 17.6. The summed E-state index contributed by atoms with van der Waals surface area (Å²) in [7, 11) is 0. The molecular formula is C26H31F3. The third-order valence-electron chi connectivity index (χ3n) is 7.03. The van der Waals surface area contributed by atoms with Crippen LogP contribution in [0.25, 0.3) is 22.3 Å². The average molecular weight is 401 g/mol. The van der Waals surface area contributed by atoms with Crippen molar-refractivity contribution < 1.29 is 13.2 Å². The largest absolute Gasteiger partial charge is 0.206 e. The Hall–Kier alpha value is -1.77. The van der Waals surface area contributed by atoms with Crippen molar-refractivity contribution in [2.24, 2.45) is 5.92 Å². The van der Waals surface area contributed by atoms with E-state index in [1.54, 1.807) is 6.07 Å². The smallest absolute Gasteiger partial charge is 0.167 e. The molecule has 2 aliphatic carbocycles. The number of hydrogen-bond acceptors (Lipinski definition) is 0.